The molecular formula is C18H24FNO3. The second-order valence-corrected chi connectivity index (χ2v) is 6.90. The van der Waals surface area contributed by atoms with E-state index >= 15 is 0 Å². The number of ether oxygens (including phenoxy) is 1. The van der Waals surface area contributed by atoms with Crippen LogP contribution in [0.4, 0.5) is 4.39 Å². The quantitative estimate of drug-likeness (QED) is 0.474. The van der Waals surface area contributed by atoms with Crippen LogP contribution < -0.4 is 0 Å². The van der Waals surface area contributed by atoms with E-state index in [2.05, 4.69) is 0 Å². The smallest absolute Gasteiger partial charge is 0.312 e. The third kappa shape index (κ3) is 2.76. The fourth-order valence-corrected chi connectivity index (χ4v) is 3.92. The van der Waals surface area contributed by atoms with Gasteiger partial charge in [-0.25, -0.2) is 4.39 Å². The summed E-state index contributed by atoms with van der Waals surface area (Å²) in [5, 5.41) is 13.2. The molecule has 2 fully saturated rings. The van der Waals surface area contributed by atoms with E-state index in [1.54, 1.807) is 6.92 Å². The van der Waals surface area contributed by atoms with Crippen molar-refractivity contribution in [2.45, 2.75) is 38.9 Å². The Labute approximate surface area is 136 Å². The van der Waals surface area contributed by atoms with E-state index < -0.39 is 22.2 Å². The highest BCUT2D eigenvalue weighted by Crippen LogP contribution is 2.58. The first-order valence-electron chi connectivity index (χ1n) is 8.37. The number of nitrogens with zero attached hydrogens (tertiary/aromatic N) is 1. The SMILES string of the molecule is CCOC(=O)C1(C2C[N+]([O-])([C@@H](C)c3ccccc3)CC2F)CC1. The monoisotopic (exact) mass is 321 g/mol. The molecule has 0 spiro atoms. The van der Waals surface area contributed by atoms with E-state index in [1.165, 1.54) is 0 Å². The van der Waals surface area contributed by atoms with Crippen molar-refractivity contribution in [3.05, 3.63) is 41.1 Å². The Kier molecular flexibility index (Phi) is 4.19. The molecular weight excluding hydrogens is 297 g/mol. The molecule has 1 saturated heterocycles. The van der Waals surface area contributed by atoms with Crippen LogP contribution in [0.15, 0.2) is 30.3 Å². The molecule has 5 heteroatoms. The lowest BCUT2D eigenvalue weighted by Crippen LogP contribution is -2.43. The predicted molar refractivity (Wildman–Crippen MR) is 84.9 cm³/mol. The largest absolute Gasteiger partial charge is 0.632 e. The summed E-state index contributed by atoms with van der Waals surface area (Å²) < 4.78 is 19.2. The van der Waals surface area contributed by atoms with Crippen LogP contribution >= 0.6 is 0 Å². The van der Waals surface area contributed by atoms with Gasteiger partial charge in [-0.15, -0.1) is 0 Å². The molecule has 0 aromatic heterocycles. The Morgan fingerprint density at radius 3 is 2.61 bits per heavy atom. The van der Waals surface area contributed by atoms with Crippen molar-refractivity contribution in [1.29, 1.82) is 0 Å². The van der Waals surface area contributed by atoms with Crippen LogP contribution in [0.3, 0.4) is 0 Å². The summed E-state index contributed by atoms with van der Waals surface area (Å²) >= 11 is 0. The molecule has 1 aliphatic heterocycles. The number of hydrogen-bond acceptors (Lipinski definition) is 3. The minimum atomic E-state index is -1.24. The summed E-state index contributed by atoms with van der Waals surface area (Å²) in [5.41, 5.74) is 0.160. The Morgan fingerprint density at radius 1 is 1.39 bits per heavy atom. The fourth-order valence-electron chi connectivity index (χ4n) is 3.92. The van der Waals surface area contributed by atoms with Gasteiger partial charge in [-0.05, 0) is 26.7 Å². The molecule has 1 saturated carbocycles. The second-order valence-electron chi connectivity index (χ2n) is 6.90. The number of carbonyl (C=O) groups is 1. The lowest BCUT2D eigenvalue weighted by Gasteiger charge is -2.44. The van der Waals surface area contributed by atoms with E-state index in [1.807, 2.05) is 37.3 Å². The van der Waals surface area contributed by atoms with Crippen LogP contribution in [0.2, 0.25) is 0 Å². The van der Waals surface area contributed by atoms with Crippen molar-refractivity contribution in [2.75, 3.05) is 19.7 Å². The van der Waals surface area contributed by atoms with Gasteiger partial charge >= 0.3 is 5.97 Å². The van der Waals surface area contributed by atoms with Crippen molar-refractivity contribution in [3.63, 3.8) is 0 Å². The van der Waals surface area contributed by atoms with Crippen LogP contribution in [-0.2, 0) is 9.53 Å². The van der Waals surface area contributed by atoms with Gasteiger partial charge in [0.2, 0.25) is 0 Å². The normalized spacial score (nSPS) is 33.2. The van der Waals surface area contributed by atoms with E-state index in [-0.39, 0.29) is 25.1 Å². The Morgan fingerprint density at radius 2 is 2.04 bits per heavy atom. The maximum atomic E-state index is 14.7. The van der Waals surface area contributed by atoms with Crippen LogP contribution in [0.5, 0.6) is 0 Å². The van der Waals surface area contributed by atoms with Crippen LogP contribution in [0, 0.1) is 16.5 Å². The first kappa shape index (κ1) is 16.4. The molecule has 4 atom stereocenters. The number of benzene rings is 1. The van der Waals surface area contributed by atoms with E-state index in [0.717, 1.165) is 5.56 Å². The number of halogens is 1. The zero-order valence-electron chi connectivity index (χ0n) is 13.7. The Bertz CT molecular complexity index is 575. The summed E-state index contributed by atoms with van der Waals surface area (Å²) in [6.45, 7) is 3.96. The molecule has 0 bridgehead atoms. The summed E-state index contributed by atoms with van der Waals surface area (Å²) in [6.07, 6.45) is 0.0263. The summed E-state index contributed by atoms with van der Waals surface area (Å²) in [4.78, 5) is 12.2. The lowest BCUT2D eigenvalue weighted by molar-refractivity contribution is -0.900. The van der Waals surface area contributed by atoms with Crippen LogP contribution in [-0.4, -0.2) is 36.5 Å². The van der Waals surface area contributed by atoms with Gasteiger partial charge in [-0.1, -0.05) is 30.3 Å². The van der Waals surface area contributed by atoms with Gasteiger partial charge in [-0.2, -0.15) is 0 Å². The van der Waals surface area contributed by atoms with Crippen molar-refractivity contribution < 1.29 is 18.6 Å². The molecule has 3 rings (SSSR count). The summed E-state index contributed by atoms with van der Waals surface area (Å²) in [5.74, 6) is -0.848. The van der Waals surface area contributed by atoms with Crippen LogP contribution in [0.25, 0.3) is 0 Å². The molecule has 1 aliphatic carbocycles. The Hall–Kier alpha value is -1.46. The minimum absolute atomic E-state index is 0.0815. The number of hydroxylamine groups is 3. The number of quaternary nitrogens is 1. The van der Waals surface area contributed by atoms with Gasteiger partial charge in [0.05, 0.1) is 24.5 Å². The molecule has 1 aromatic carbocycles. The zero-order valence-corrected chi connectivity index (χ0v) is 13.7. The molecule has 3 unspecified atom stereocenters. The maximum Gasteiger partial charge on any atom is 0.312 e. The Balaban J connectivity index is 1.79. The molecule has 0 amide bonds. The molecule has 1 heterocycles. The summed E-state index contributed by atoms with van der Waals surface area (Å²) in [6, 6.07) is 9.15. The molecule has 126 valence electrons. The van der Waals surface area contributed by atoms with Crippen molar-refractivity contribution >= 4 is 5.97 Å². The molecule has 4 nitrogen and oxygen atoms in total. The van der Waals surface area contributed by atoms with Crippen LogP contribution in [0.1, 0.15) is 38.3 Å². The maximum absolute atomic E-state index is 14.7. The third-order valence-corrected chi connectivity index (χ3v) is 5.59. The van der Waals surface area contributed by atoms with Crippen molar-refractivity contribution in [2.24, 2.45) is 11.3 Å². The van der Waals surface area contributed by atoms with Crippen molar-refractivity contribution in [1.82, 2.24) is 0 Å². The lowest BCUT2D eigenvalue weighted by atomic mass is 9.87. The van der Waals surface area contributed by atoms with Gasteiger partial charge in [0.15, 0.2) is 6.17 Å². The van der Waals surface area contributed by atoms with Gasteiger partial charge in [-0.3, -0.25) is 4.79 Å². The van der Waals surface area contributed by atoms with E-state index in [0.29, 0.717) is 19.4 Å². The van der Waals surface area contributed by atoms with Gasteiger partial charge in [0, 0.05) is 5.56 Å². The number of rotatable bonds is 5. The number of hydrogen-bond donors (Lipinski definition) is 0. The number of likely N-dealkylation sites (tertiary alicyclic amines) is 1. The van der Waals surface area contributed by atoms with Gasteiger partial charge in [0.25, 0.3) is 0 Å². The second kappa shape index (κ2) is 5.87. The average Bonchev–Trinajstić information content (AvgIpc) is 3.29. The third-order valence-electron chi connectivity index (χ3n) is 5.59. The molecule has 23 heavy (non-hydrogen) atoms. The zero-order chi connectivity index (χ0) is 16.7. The predicted octanol–water partition coefficient (Wildman–Crippen LogP) is 3.37. The topological polar surface area (TPSA) is 49.4 Å². The fraction of sp³-hybridized carbons (Fsp3) is 0.611. The van der Waals surface area contributed by atoms with Gasteiger partial charge in [0.1, 0.15) is 12.6 Å². The number of alkyl halides is 1. The molecule has 2 aliphatic rings. The number of esters is 1. The molecule has 0 N–H and O–H groups in total. The van der Waals surface area contributed by atoms with Gasteiger partial charge < -0.3 is 14.6 Å². The van der Waals surface area contributed by atoms with Crippen molar-refractivity contribution in [3.8, 4) is 0 Å². The van der Waals surface area contributed by atoms with E-state index in [4.69, 9.17) is 4.74 Å². The molecule has 0 radical (unpaired) electrons. The standard InChI is InChI=1S/C18H24FNO3/c1-3-23-17(21)18(9-10-18)15-11-20(22,12-16(15)19)13(2)14-7-5-4-6-8-14/h4-8,13,15-16H,3,9-12H2,1-2H3/t13-,15?,16?,20?/m0/s1. The first-order chi connectivity index (χ1) is 10.9. The highest BCUT2D eigenvalue weighted by molar-refractivity contribution is 5.80. The minimum Gasteiger partial charge on any atom is -0.632 e. The highest BCUT2D eigenvalue weighted by Gasteiger charge is 2.64. The first-order valence-corrected chi connectivity index (χ1v) is 8.37. The summed E-state index contributed by atoms with van der Waals surface area (Å²) in [7, 11) is 0. The average molecular weight is 321 g/mol. The molecule has 1 aromatic rings. The number of carbonyl (C=O) groups excluding carboxylic acids is 1. The van der Waals surface area contributed by atoms with E-state index in [9.17, 15) is 14.4 Å². The highest BCUT2D eigenvalue weighted by atomic mass is 19.1.